The van der Waals surface area contributed by atoms with Crippen LogP contribution in [0.25, 0.3) is 0 Å². The summed E-state index contributed by atoms with van der Waals surface area (Å²) in [6, 6.07) is 28.9. The predicted molar refractivity (Wildman–Crippen MR) is 184 cm³/mol. The van der Waals surface area contributed by atoms with Gasteiger partial charge in [0, 0.05) is 19.5 Å². The molecule has 1 N–H and O–H groups in total. The summed E-state index contributed by atoms with van der Waals surface area (Å²) in [6.45, 7) is 6.10. The van der Waals surface area contributed by atoms with E-state index in [9.17, 15) is 18.0 Å². The lowest BCUT2D eigenvalue weighted by atomic mass is 10.0. The number of amides is 2. The summed E-state index contributed by atoms with van der Waals surface area (Å²) in [5.41, 5.74) is 2.86. The molecule has 0 unspecified atom stereocenters. The molecule has 0 saturated heterocycles. The maximum absolute atomic E-state index is 14.6. The highest BCUT2D eigenvalue weighted by atomic mass is 32.2. The average molecular weight is 658 g/mol. The standard InChI is InChI=1S/C37H43N3O6S/c1-5-23-38-37(42)35(25-29-11-8-7-9-12-29)39(26-30-13-10-14-33(24-30)45-4)36(41)27-40(31-17-15-28(3)16-18-31)47(43,44)34-21-19-32(20-22-34)46-6-2/h7-22,24,35H,5-6,23,25-27H2,1-4H3,(H,38,42)/t35-/m1/s1. The van der Waals surface area contributed by atoms with Gasteiger partial charge in [-0.1, -0.05) is 67.1 Å². The van der Waals surface area contributed by atoms with Crippen molar-refractivity contribution in [1.29, 1.82) is 0 Å². The van der Waals surface area contributed by atoms with Crippen LogP contribution in [0.2, 0.25) is 0 Å². The van der Waals surface area contributed by atoms with E-state index in [0.717, 1.165) is 27.4 Å². The Morgan fingerprint density at radius 2 is 1.51 bits per heavy atom. The van der Waals surface area contributed by atoms with Crippen LogP contribution >= 0.6 is 0 Å². The molecule has 0 spiro atoms. The van der Waals surface area contributed by atoms with Gasteiger partial charge in [0.15, 0.2) is 0 Å². The zero-order chi connectivity index (χ0) is 33.8. The Balaban J connectivity index is 1.79. The minimum absolute atomic E-state index is 0.00944. The fourth-order valence-corrected chi connectivity index (χ4v) is 6.54. The van der Waals surface area contributed by atoms with Crippen LogP contribution in [0.5, 0.6) is 11.5 Å². The summed E-state index contributed by atoms with van der Waals surface area (Å²) >= 11 is 0. The number of hydrogen-bond acceptors (Lipinski definition) is 6. The Hall–Kier alpha value is -4.83. The molecule has 0 heterocycles. The lowest BCUT2D eigenvalue weighted by molar-refractivity contribution is -0.140. The van der Waals surface area contributed by atoms with Crippen molar-refractivity contribution in [3.05, 3.63) is 120 Å². The minimum Gasteiger partial charge on any atom is -0.497 e. The van der Waals surface area contributed by atoms with Crippen LogP contribution in [-0.2, 0) is 32.6 Å². The number of methoxy groups -OCH3 is 1. The quantitative estimate of drug-likeness (QED) is 0.164. The molecule has 248 valence electrons. The van der Waals surface area contributed by atoms with Crippen molar-refractivity contribution in [2.45, 2.75) is 51.1 Å². The number of rotatable bonds is 16. The van der Waals surface area contributed by atoms with Gasteiger partial charge in [-0.15, -0.1) is 0 Å². The first-order chi connectivity index (χ1) is 22.7. The molecule has 0 fully saturated rings. The third-order valence-electron chi connectivity index (χ3n) is 7.63. The molecule has 0 aliphatic heterocycles. The fourth-order valence-electron chi connectivity index (χ4n) is 5.13. The van der Waals surface area contributed by atoms with E-state index in [-0.39, 0.29) is 23.8 Å². The largest absolute Gasteiger partial charge is 0.497 e. The molecule has 4 aromatic rings. The van der Waals surface area contributed by atoms with Crippen molar-refractivity contribution in [2.75, 3.05) is 31.1 Å². The van der Waals surface area contributed by atoms with Gasteiger partial charge in [-0.2, -0.15) is 0 Å². The second kappa shape index (κ2) is 16.6. The Morgan fingerprint density at radius 3 is 2.15 bits per heavy atom. The fraction of sp³-hybridized carbons (Fsp3) is 0.297. The van der Waals surface area contributed by atoms with E-state index in [2.05, 4.69) is 5.32 Å². The maximum atomic E-state index is 14.6. The summed E-state index contributed by atoms with van der Waals surface area (Å²) in [7, 11) is -2.66. The number of nitrogens with zero attached hydrogens (tertiary/aromatic N) is 2. The number of carbonyl (C=O) groups is 2. The van der Waals surface area contributed by atoms with Crippen LogP contribution in [0.3, 0.4) is 0 Å². The van der Waals surface area contributed by atoms with Crippen molar-refractivity contribution in [2.24, 2.45) is 0 Å². The first kappa shape index (κ1) is 35.0. The summed E-state index contributed by atoms with van der Waals surface area (Å²) in [6.07, 6.45) is 0.956. The Bertz CT molecular complexity index is 1710. The second-order valence-corrected chi connectivity index (χ2v) is 13.0. The number of sulfonamides is 1. The van der Waals surface area contributed by atoms with Crippen LogP contribution in [0.15, 0.2) is 108 Å². The summed E-state index contributed by atoms with van der Waals surface area (Å²) in [5, 5.41) is 2.96. The number of hydrogen-bond donors (Lipinski definition) is 1. The van der Waals surface area contributed by atoms with Gasteiger partial charge in [0.1, 0.15) is 24.1 Å². The van der Waals surface area contributed by atoms with E-state index in [0.29, 0.717) is 30.3 Å². The minimum atomic E-state index is -4.22. The molecule has 0 aliphatic rings. The zero-order valence-electron chi connectivity index (χ0n) is 27.4. The number of aryl methyl sites for hydroxylation is 1. The summed E-state index contributed by atoms with van der Waals surface area (Å²) in [5.74, 6) is 0.290. The van der Waals surface area contributed by atoms with Crippen LogP contribution < -0.4 is 19.1 Å². The van der Waals surface area contributed by atoms with Crippen molar-refractivity contribution in [1.82, 2.24) is 10.2 Å². The van der Waals surface area contributed by atoms with Crippen LogP contribution in [0.1, 0.15) is 37.0 Å². The molecular formula is C37H43N3O6S. The predicted octanol–water partition coefficient (Wildman–Crippen LogP) is 5.76. The smallest absolute Gasteiger partial charge is 0.264 e. The van der Waals surface area contributed by atoms with Gasteiger partial charge < -0.3 is 19.7 Å². The number of benzene rings is 4. The van der Waals surface area contributed by atoms with Crippen molar-refractivity contribution in [3.63, 3.8) is 0 Å². The van der Waals surface area contributed by atoms with E-state index >= 15 is 0 Å². The van der Waals surface area contributed by atoms with E-state index in [4.69, 9.17) is 9.47 Å². The molecule has 1 atom stereocenters. The summed E-state index contributed by atoms with van der Waals surface area (Å²) in [4.78, 5) is 29.8. The second-order valence-electron chi connectivity index (χ2n) is 11.1. The van der Waals surface area contributed by atoms with Crippen LogP contribution in [0.4, 0.5) is 5.69 Å². The first-order valence-electron chi connectivity index (χ1n) is 15.7. The lowest BCUT2D eigenvalue weighted by Gasteiger charge is -2.34. The first-order valence-corrected chi connectivity index (χ1v) is 17.2. The van der Waals surface area contributed by atoms with E-state index in [1.54, 1.807) is 55.6 Å². The maximum Gasteiger partial charge on any atom is 0.264 e. The Labute approximate surface area is 278 Å². The molecule has 4 rings (SSSR count). The van der Waals surface area contributed by atoms with Gasteiger partial charge in [0.2, 0.25) is 11.8 Å². The number of ether oxygens (including phenoxy) is 2. The van der Waals surface area contributed by atoms with Gasteiger partial charge >= 0.3 is 0 Å². The van der Waals surface area contributed by atoms with Crippen LogP contribution in [0, 0.1) is 6.92 Å². The third kappa shape index (κ3) is 9.36. The van der Waals surface area contributed by atoms with Crippen molar-refractivity contribution in [3.8, 4) is 11.5 Å². The monoisotopic (exact) mass is 657 g/mol. The summed E-state index contributed by atoms with van der Waals surface area (Å²) < 4.78 is 40.5. The van der Waals surface area contributed by atoms with Crippen molar-refractivity contribution >= 4 is 27.5 Å². The molecule has 9 nitrogen and oxygen atoms in total. The van der Waals surface area contributed by atoms with Gasteiger partial charge in [-0.3, -0.25) is 13.9 Å². The SMILES string of the molecule is CCCNC(=O)[C@@H](Cc1ccccc1)N(Cc1cccc(OC)c1)C(=O)CN(c1ccc(C)cc1)S(=O)(=O)c1ccc(OCC)cc1. The van der Waals surface area contributed by atoms with E-state index < -0.39 is 28.5 Å². The number of nitrogens with one attached hydrogen (secondary N) is 1. The highest BCUT2D eigenvalue weighted by Gasteiger charge is 2.34. The van der Waals surface area contributed by atoms with Gasteiger partial charge in [-0.05, 0) is 79.9 Å². The van der Waals surface area contributed by atoms with Gasteiger partial charge in [-0.25, -0.2) is 8.42 Å². The Kier molecular flexibility index (Phi) is 12.4. The van der Waals surface area contributed by atoms with Crippen LogP contribution in [-0.4, -0.2) is 58.0 Å². The van der Waals surface area contributed by atoms with Crippen molar-refractivity contribution < 1.29 is 27.5 Å². The highest BCUT2D eigenvalue weighted by Crippen LogP contribution is 2.27. The van der Waals surface area contributed by atoms with Gasteiger partial charge in [0.25, 0.3) is 10.0 Å². The topological polar surface area (TPSA) is 105 Å². The molecule has 0 saturated carbocycles. The molecule has 0 bridgehead atoms. The number of carbonyl (C=O) groups excluding carboxylic acids is 2. The number of anilines is 1. The molecular weight excluding hydrogens is 614 g/mol. The molecule has 0 aliphatic carbocycles. The molecule has 2 amide bonds. The molecule has 47 heavy (non-hydrogen) atoms. The molecule has 0 radical (unpaired) electrons. The van der Waals surface area contributed by atoms with E-state index in [1.807, 2.05) is 63.2 Å². The van der Waals surface area contributed by atoms with E-state index in [1.165, 1.54) is 17.0 Å². The zero-order valence-corrected chi connectivity index (χ0v) is 28.2. The van der Waals surface area contributed by atoms with Gasteiger partial charge in [0.05, 0.1) is 24.3 Å². The lowest BCUT2D eigenvalue weighted by Crippen LogP contribution is -2.53. The third-order valence-corrected chi connectivity index (χ3v) is 9.42. The molecule has 4 aromatic carbocycles. The molecule has 10 heteroatoms. The Morgan fingerprint density at radius 1 is 0.830 bits per heavy atom. The molecule has 0 aromatic heterocycles. The average Bonchev–Trinajstić information content (AvgIpc) is 3.09. The normalized spacial score (nSPS) is 11.7. The highest BCUT2D eigenvalue weighted by molar-refractivity contribution is 7.92.